The number of aromatic nitrogens is 3. The standard InChI is InChI=1S/C46H57F2N7O6S2/c1-11-28-23-45(28,41(58)53-63(59,60)44(10)19-20-44)52-38(56)35-22-31(24-54(35)40(57)37(43(7,8)9)49-30-16-13-15-29(21-30)46(47,48)12-2)61-42-51-36-32(39-50-33(25-62-39)26(3)4)17-14-18-34(36)55(42)27(5)6/h11-18,21,25-28,31,35,37,49H,1-2,19-20,22-24H2,3-10H3,(H,52,56)(H,53,58). The van der Waals surface area contributed by atoms with Gasteiger partial charge in [-0.2, -0.15) is 13.8 Å². The van der Waals surface area contributed by atoms with Crippen LogP contribution in [-0.2, 0) is 30.3 Å². The predicted octanol–water partition coefficient (Wildman–Crippen LogP) is 8.08. The van der Waals surface area contributed by atoms with Crippen LogP contribution in [0.15, 0.2) is 73.2 Å². The number of hydrogen-bond donors (Lipinski definition) is 3. The van der Waals surface area contributed by atoms with Crippen molar-refractivity contribution in [2.24, 2.45) is 11.3 Å². The molecule has 7 rings (SSSR count). The fraction of sp³-hybridized carbons (Fsp3) is 0.500. The van der Waals surface area contributed by atoms with Crippen LogP contribution in [0.4, 0.5) is 14.5 Å². The monoisotopic (exact) mass is 905 g/mol. The molecule has 0 spiro atoms. The lowest BCUT2D eigenvalue weighted by molar-refractivity contribution is -0.141. The molecule has 17 heteroatoms. The van der Waals surface area contributed by atoms with Crippen molar-refractivity contribution < 1.29 is 36.3 Å². The molecule has 1 saturated heterocycles. The van der Waals surface area contributed by atoms with Gasteiger partial charge in [-0.15, -0.1) is 17.9 Å². The minimum Gasteiger partial charge on any atom is -0.459 e. The highest BCUT2D eigenvalue weighted by Gasteiger charge is 2.63. The van der Waals surface area contributed by atoms with Gasteiger partial charge in [-0.1, -0.05) is 65.5 Å². The van der Waals surface area contributed by atoms with Crippen molar-refractivity contribution >= 4 is 55.8 Å². The number of nitrogens with one attached hydrogen (secondary N) is 3. The molecule has 3 N–H and O–H groups in total. The number of thiazole rings is 1. The van der Waals surface area contributed by atoms with Crippen LogP contribution < -0.4 is 20.1 Å². The van der Waals surface area contributed by atoms with E-state index in [-0.39, 0.29) is 48.6 Å². The first kappa shape index (κ1) is 45.9. The van der Waals surface area contributed by atoms with Gasteiger partial charge in [0.15, 0.2) is 0 Å². The second-order valence-corrected chi connectivity index (χ2v) is 22.0. The Morgan fingerprint density at radius 3 is 2.33 bits per heavy atom. The number of alkyl halides is 2. The highest BCUT2D eigenvalue weighted by Crippen LogP contribution is 2.47. The van der Waals surface area contributed by atoms with E-state index >= 15 is 4.79 Å². The number of sulfonamides is 1. The molecule has 2 aromatic heterocycles. The van der Waals surface area contributed by atoms with Gasteiger partial charge in [0.1, 0.15) is 34.3 Å². The summed E-state index contributed by atoms with van der Waals surface area (Å²) in [4.78, 5) is 54.8. The third-order valence-corrected chi connectivity index (χ3v) is 15.5. The molecule has 0 bridgehead atoms. The molecule has 0 radical (unpaired) electrons. The Kier molecular flexibility index (Phi) is 12.0. The van der Waals surface area contributed by atoms with Gasteiger partial charge in [-0.25, -0.2) is 13.4 Å². The number of para-hydroxylation sites is 1. The number of halogens is 2. The normalized spacial score (nSPS) is 22.5. The van der Waals surface area contributed by atoms with Crippen LogP contribution in [0.3, 0.4) is 0 Å². The van der Waals surface area contributed by atoms with Crippen LogP contribution in [0.1, 0.15) is 104 Å². The third-order valence-electron chi connectivity index (χ3n) is 12.5. The fourth-order valence-corrected chi connectivity index (χ4v) is 10.4. The van der Waals surface area contributed by atoms with Gasteiger partial charge in [0, 0.05) is 40.6 Å². The molecule has 3 fully saturated rings. The molecule has 338 valence electrons. The fourth-order valence-electron chi connectivity index (χ4n) is 8.08. The summed E-state index contributed by atoms with van der Waals surface area (Å²) in [5.41, 5.74) is 0.809. The van der Waals surface area contributed by atoms with E-state index in [9.17, 15) is 26.8 Å². The number of carbonyl (C=O) groups excluding carboxylic acids is 3. The number of carbonyl (C=O) groups is 3. The lowest BCUT2D eigenvalue weighted by atomic mass is 9.85. The SMILES string of the molecule is C=CC1CC1(NC(=O)C1CC(Oc2nc3c(-c4nc(C(C)C)cs4)cccc3n2C(C)C)CN1C(=O)C(Nc1cccc(C(F)(F)C=C)c1)C(C)(C)C)C(=O)NS(=O)(=O)C1(C)CC1. The topological polar surface area (TPSA) is 165 Å². The van der Waals surface area contributed by atoms with E-state index in [1.807, 2.05) is 62.8 Å². The Balaban J connectivity index is 1.24. The Morgan fingerprint density at radius 2 is 1.75 bits per heavy atom. The number of anilines is 1. The molecule has 2 aliphatic carbocycles. The van der Waals surface area contributed by atoms with E-state index in [1.165, 1.54) is 40.5 Å². The van der Waals surface area contributed by atoms with Crippen LogP contribution in [0, 0.1) is 11.3 Å². The number of benzene rings is 2. The summed E-state index contributed by atoms with van der Waals surface area (Å²) in [6.07, 6.45) is 2.17. The number of hydrogen-bond acceptors (Lipinski definition) is 10. The van der Waals surface area contributed by atoms with Gasteiger partial charge in [-0.05, 0) is 81.7 Å². The van der Waals surface area contributed by atoms with Gasteiger partial charge in [0.25, 0.3) is 17.8 Å². The number of amides is 3. The lowest BCUT2D eigenvalue weighted by Crippen LogP contribution is -2.59. The maximum atomic E-state index is 15.0. The second kappa shape index (κ2) is 16.4. The summed E-state index contributed by atoms with van der Waals surface area (Å²) < 4.78 is 65.6. The van der Waals surface area contributed by atoms with Crippen LogP contribution >= 0.6 is 11.3 Å². The van der Waals surface area contributed by atoms with Crippen molar-refractivity contribution in [3.8, 4) is 16.6 Å². The zero-order chi connectivity index (χ0) is 46.0. The molecule has 5 atom stereocenters. The molecule has 2 saturated carbocycles. The molecular formula is C46H57F2N7O6S2. The Morgan fingerprint density at radius 1 is 1.05 bits per heavy atom. The number of likely N-dealkylation sites (tertiary alicyclic amines) is 1. The van der Waals surface area contributed by atoms with E-state index in [0.717, 1.165) is 21.8 Å². The van der Waals surface area contributed by atoms with Gasteiger partial charge in [-0.3, -0.25) is 23.7 Å². The van der Waals surface area contributed by atoms with Crippen LogP contribution in [0.5, 0.6) is 6.01 Å². The quantitative estimate of drug-likeness (QED) is 0.0944. The molecule has 3 aliphatic rings. The molecule has 3 heterocycles. The lowest BCUT2D eigenvalue weighted by Gasteiger charge is -2.36. The van der Waals surface area contributed by atoms with E-state index in [0.29, 0.717) is 24.4 Å². The van der Waals surface area contributed by atoms with Gasteiger partial charge in [0.05, 0.1) is 22.5 Å². The van der Waals surface area contributed by atoms with Crippen molar-refractivity contribution in [1.29, 1.82) is 0 Å². The summed E-state index contributed by atoms with van der Waals surface area (Å²) in [5.74, 6) is -5.72. The number of rotatable bonds is 16. The molecular weight excluding hydrogens is 849 g/mol. The van der Waals surface area contributed by atoms with Crippen molar-refractivity contribution in [2.45, 2.75) is 127 Å². The van der Waals surface area contributed by atoms with Crippen LogP contribution in [0.2, 0.25) is 0 Å². The Hall–Kier alpha value is -5.16. The summed E-state index contributed by atoms with van der Waals surface area (Å²) >= 11 is 1.53. The summed E-state index contributed by atoms with van der Waals surface area (Å²) in [6.45, 7) is 22.2. The number of allylic oxidation sites excluding steroid dienone is 1. The first-order chi connectivity index (χ1) is 29.4. The first-order valence-electron chi connectivity index (χ1n) is 21.3. The van der Waals surface area contributed by atoms with Crippen LogP contribution in [0.25, 0.3) is 21.6 Å². The minimum atomic E-state index is -4.04. The molecule has 3 amide bonds. The average Bonchev–Trinajstić information content (AvgIpc) is 3.90. The zero-order valence-corrected chi connectivity index (χ0v) is 38.6. The zero-order valence-electron chi connectivity index (χ0n) is 37.0. The van der Waals surface area contributed by atoms with Crippen molar-refractivity contribution in [2.75, 3.05) is 11.9 Å². The predicted molar refractivity (Wildman–Crippen MR) is 241 cm³/mol. The molecule has 13 nitrogen and oxygen atoms in total. The molecule has 4 aromatic rings. The van der Waals surface area contributed by atoms with E-state index < -0.39 is 73.5 Å². The molecule has 2 aromatic carbocycles. The summed E-state index contributed by atoms with van der Waals surface area (Å²) in [7, 11) is -4.04. The number of imidazole rings is 1. The van der Waals surface area contributed by atoms with Gasteiger partial charge >= 0.3 is 0 Å². The number of nitrogens with zero attached hydrogens (tertiary/aromatic N) is 4. The highest BCUT2D eigenvalue weighted by molar-refractivity contribution is 7.91. The molecule has 63 heavy (non-hydrogen) atoms. The van der Waals surface area contributed by atoms with Gasteiger partial charge < -0.3 is 20.3 Å². The maximum absolute atomic E-state index is 15.0. The Labute approximate surface area is 371 Å². The second-order valence-electron chi connectivity index (χ2n) is 19.0. The molecule has 5 unspecified atom stereocenters. The van der Waals surface area contributed by atoms with E-state index in [1.54, 1.807) is 13.0 Å². The number of fused-ring (bicyclic) bond motifs is 1. The number of ether oxygens (including phenoxy) is 1. The van der Waals surface area contributed by atoms with Crippen molar-refractivity contribution in [3.05, 3.63) is 84.4 Å². The minimum absolute atomic E-state index is 0.0132. The van der Waals surface area contributed by atoms with Crippen molar-refractivity contribution in [3.63, 3.8) is 0 Å². The van der Waals surface area contributed by atoms with Crippen LogP contribution in [-0.4, -0.2) is 80.6 Å². The smallest absolute Gasteiger partial charge is 0.297 e. The third kappa shape index (κ3) is 8.74. The van der Waals surface area contributed by atoms with E-state index in [2.05, 4.69) is 42.4 Å². The first-order valence-corrected chi connectivity index (χ1v) is 23.6. The highest BCUT2D eigenvalue weighted by atomic mass is 32.2. The Bertz CT molecular complexity index is 2580. The van der Waals surface area contributed by atoms with Gasteiger partial charge in [0.2, 0.25) is 21.8 Å². The summed E-state index contributed by atoms with van der Waals surface area (Å²) in [5, 5.41) is 8.87. The molecule has 1 aliphatic heterocycles. The summed E-state index contributed by atoms with van der Waals surface area (Å²) in [6, 6.07) is 9.36. The largest absolute Gasteiger partial charge is 0.459 e. The van der Waals surface area contributed by atoms with Crippen molar-refractivity contribution in [1.82, 2.24) is 29.5 Å². The average molecular weight is 906 g/mol. The maximum Gasteiger partial charge on any atom is 0.297 e. The van der Waals surface area contributed by atoms with E-state index in [4.69, 9.17) is 14.7 Å².